The summed E-state index contributed by atoms with van der Waals surface area (Å²) in [6.07, 6.45) is 10.8. The SMILES string of the molecule is C[C@@H](CCCCc1c[nH]c2ccccc12)NCc1ccc2cnccc2c1. The molecule has 0 spiro atoms. The molecule has 2 N–H and O–H groups in total. The molecule has 2 heterocycles. The van der Waals surface area contributed by atoms with Crippen molar-refractivity contribution >= 4 is 21.7 Å². The molecule has 4 rings (SSSR count). The highest BCUT2D eigenvalue weighted by atomic mass is 14.9. The number of aromatic amines is 1. The Balaban J connectivity index is 1.22. The molecule has 0 saturated carbocycles. The predicted molar refractivity (Wildman–Crippen MR) is 114 cm³/mol. The van der Waals surface area contributed by atoms with Crippen molar-refractivity contribution in [1.82, 2.24) is 15.3 Å². The Bertz CT molecular complexity index is 1020. The maximum atomic E-state index is 4.18. The number of para-hydroxylation sites is 1. The predicted octanol–water partition coefficient (Wildman–Crippen LogP) is 5.61. The number of aryl methyl sites for hydroxylation is 1. The van der Waals surface area contributed by atoms with E-state index in [1.165, 1.54) is 52.1 Å². The largest absolute Gasteiger partial charge is 0.361 e. The molecule has 0 unspecified atom stereocenters. The van der Waals surface area contributed by atoms with Crippen LogP contribution in [0.4, 0.5) is 0 Å². The number of nitrogens with one attached hydrogen (secondary N) is 2. The minimum absolute atomic E-state index is 0.529. The third-order valence-electron chi connectivity index (χ3n) is 5.37. The van der Waals surface area contributed by atoms with E-state index in [4.69, 9.17) is 0 Å². The molecule has 2 aromatic carbocycles. The molecule has 2 aromatic heterocycles. The minimum Gasteiger partial charge on any atom is -0.361 e. The van der Waals surface area contributed by atoms with Crippen molar-refractivity contribution in [3.05, 3.63) is 78.2 Å². The first-order chi connectivity index (χ1) is 13.3. The topological polar surface area (TPSA) is 40.7 Å². The van der Waals surface area contributed by atoms with Crippen LogP contribution in [0.3, 0.4) is 0 Å². The van der Waals surface area contributed by atoms with Crippen LogP contribution in [0.25, 0.3) is 21.7 Å². The van der Waals surface area contributed by atoms with E-state index in [9.17, 15) is 0 Å². The van der Waals surface area contributed by atoms with Crippen molar-refractivity contribution < 1.29 is 0 Å². The first-order valence-corrected chi connectivity index (χ1v) is 9.90. The molecule has 0 aliphatic heterocycles. The molecule has 0 aliphatic carbocycles. The highest BCUT2D eigenvalue weighted by Gasteiger charge is 2.05. The van der Waals surface area contributed by atoms with Gasteiger partial charge in [0.15, 0.2) is 0 Å². The number of unbranched alkanes of at least 4 members (excludes halogenated alkanes) is 1. The number of nitrogens with zero attached hydrogens (tertiary/aromatic N) is 1. The Morgan fingerprint density at radius 1 is 1.04 bits per heavy atom. The second-order valence-electron chi connectivity index (χ2n) is 7.44. The van der Waals surface area contributed by atoms with Gasteiger partial charge in [-0.25, -0.2) is 0 Å². The average Bonchev–Trinajstić information content (AvgIpc) is 3.13. The normalized spacial score (nSPS) is 12.6. The molecular weight excluding hydrogens is 330 g/mol. The van der Waals surface area contributed by atoms with Crippen LogP contribution in [-0.4, -0.2) is 16.0 Å². The van der Waals surface area contributed by atoms with Gasteiger partial charge in [0.2, 0.25) is 0 Å². The second kappa shape index (κ2) is 8.36. The van der Waals surface area contributed by atoms with Gasteiger partial charge in [0.25, 0.3) is 0 Å². The minimum atomic E-state index is 0.529. The molecule has 0 radical (unpaired) electrons. The zero-order valence-electron chi connectivity index (χ0n) is 15.9. The van der Waals surface area contributed by atoms with Crippen molar-refractivity contribution in [3.63, 3.8) is 0 Å². The molecule has 3 nitrogen and oxygen atoms in total. The summed E-state index contributed by atoms with van der Waals surface area (Å²) < 4.78 is 0. The van der Waals surface area contributed by atoms with E-state index in [0.717, 1.165) is 13.0 Å². The van der Waals surface area contributed by atoms with Crippen LogP contribution in [0.2, 0.25) is 0 Å². The van der Waals surface area contributed by atoms with E-state index >= 15 is 0 Å². The van der Waals surface area contributed by atoms with Crippen LogP contribution in [0.5, 0.6) is 0 Å². The lowest BCUT2D eigenvalue weighted by molar-refractivity contribution is 0.489. The van der Waals surface area contributed by atoms with Gasteiger partial charge < -0.3 is 10.3 Å². The number of hydrogen-bond donors (Lipinski definition) is 2. The van der Waals surface area contributed by atoms with Crippen LogP contribution in [-0.2, 0) is 13.0 Å². The fourth-order valence-corrected chi connectivity index (χ4v) is 3.74. The Morgan fingerprint density at radius 2 is 1.96 bits per heavy atom. The van der Waals surface area contributed by atoms with Gasteiger partial charge in [0.05, 0.1) is 0 Å². The zero-order valence-corrected chi connectivity index (χ0v) is 15.9. The molecule has 3 heteroatoms. The number of fused-ring (bicyclic) bond motifs is 2. The van der Waals surface area contributed by atoms with Gasteiger partial charge in [-0.05, 0) is 60.9 Å². The van der Waals surface area contributed by atoms with E-state index < -0.39 is 0 Å². The lowest BCUT2D eigenvalue weighted by Gasteiger charge is -2.14. The first kappa shape index (κ1) is 17.7. The number of aromatic nitrogens is 2. The van der Waals surface area contributed by atoms with Gasteiger partial charge in [-0.15, -0.1) is 0 Å². The molecule has 27 heavy (non-hydrogen) atoms. The summed E-state index contributed by atoms with van der Waals surface area (Å²) in [6.45, 7) is 3.21. The van der Waals surface area contributed by atoms with E-state index in [2.05, 4.69) is 76.9 Å². The summed E-state index contributed by atoms with van der Waals surface area (Å²) in [5, 5.41) is 7.50. The van der Waals surface area contributed by atoms with Crippen LogP contribution < -0.4 is 5.32 Å². The molecule has 0 saturated heterocycles. The number of pyridine rings is 1. The summed E-state index contributed by atoms with van der Waals surface area (Å²) in [7, 11) is 0. The smallest absolute Gasteiger partial charge is 0.0456 e. The lowest BCUT2D eigenvalue weighted by atomic mass is 10.0. The summed E-state index contributed by atoms with van der Waals surface area (Å²) in [5.74, 6) is 0. The molecule has 138 valence electrons. The van der Waals surface area contributed by atoms with Crippen molar-refractivity contribution in [2.75, 3.05) is 0 Å². The fourth-order valence-electron chi connectivity index (χ4n) is 3.74. The summed E-state index contributed by atoms with van der Waals surface area (Å²) in [6, 6.07) is 17.8. The number of benzene rings is 2. The van der Waals surface area contributed by atoms with E-state index in [1.54, 1.807) is 0 Å². The molecular formula is C24H27N3. The fraction of sp³-hybridized carbons (Fsp3) is 0.292. The second-order valence-corrected chi connectivity index (χ2v) is 7.44. The average molecular weight is 358 g/mol. The number of H-pyrrole nitrogens is 1. The van der Waals surface area contributed by atoms with Gasteiger partial charge in [-0.1, -0.05) is 36.8 Å². The summed E-state index contributed by atoms with van der Waals surface area (Å²) >= 11 is 0. The maximum absolute atomic E-state index is 4.18. The van der Waals surface area contributed by atoms with E-state index in [-0.39, 0.29) is 0 Å². The number of hydrogen-bond acceptors (Lipinski definition) is 2. The number of rotatable bonds is 8. The van der Waals surface area contributed by atoms with Crippen LogP contribution in [0, 0.1) is 0 Å². The highest BCUT2D eigenvalue weighted by molar-refractivity contribution is 5.83. The van der Waals surface area contributed by atoms with Crippen molar-refractivity contribution in [2.24, 2.45) is 0 Å². The standard InChI is InChI=1S/C24H27N3/c1-18(26-15-19-10-11-21-16-25-13-12-20(21)14-19)6-2-3-7-22-17-27-24-9-5-4-8-23(22)24/h4-5,8-14,16-18,26-27H,2-3,6-7,15H2,1H3/t18-/m0/s1. The quantitative estimate of drug-likeness (QED) is 0.403. The zero-order chi connectivity index (χ0) is 18.5. The van der Waals surface area contributed by atoms with Crippen LogP contribution in [0.1, 0.15) is 37.3 Å². The summed E-state index contributed by atoms with van der Waals surface area (Å²) in [4.78, 5) is 7.55. The Kier molecular flexibility index (Phi) is 5.50. The van der Waals surface area contributed by atoms with Gasteiger partial charge in [0.1, 0.15) is 0 Å². The lowest BCUT2D eigenvalue weighted by Crippen LogP contribution is -2.25. The first-order valence-electron chi connectivity index (χ1n) is 9.90. The molecule has 1 atom stereocenters. The molecule has 0 bridgehead atoms. The Morgan fingerprint density at radius 3 is 2.93 bits per heavy atom. The van der Waals surface area contributed by atoms with Crippen molar-refractivity contribution in [2.45, 2.75) is 45.2 Å². The Labute approximate surface area is 160 Å². The van der Waals surface area contributed by atoms with Gasteiger partial charge in [-0.3, -0.25) is 4.98 Å². The van der Waals surface area contributed by atoms with Gasteiger partial charge in [-0.2, -0.15) is 0 Å². The van der Waals surface area contributed by atoms with Gasteiger partial charge >= 0.3 is 0 Å². The van der Waals surface area contributed by atoms with Crippen LogP contribution >= 0.6 is 0 Å². The van der Waals surface area contributed by atoms with Crippen LogP contribution in [0.15, 0.2) is 67.1 Å². The Hall–Kier alpha value is -2.65. The van der Waals surface area contributed by atoms with E-state index in [1.807, 2.05) is 12.4 Å². The van der Waals surface area contributed by atoms with E-state index in [0.29, 0.717) is 6.04 Å². The van der Waals surface area contributed by atoms with Gasteiger partial charge in [0, 0.05) is 47.5 Å². The third-order valence-corrected chi connectivity index (χ3v) is 5.37. The molecule has 0 aliphatic rings. The molecule has 4 aromatic rings. The monoisotopic (exact) mass is 357 g/mol. The summed E-state index contributed by atoms with van der Waals surface area (Å²) in [5.41, 5.74) is 4.02. The van der Waals surface area contributed by atoms with Crippen molar-refractivity contribution in [1.29, 1.82) is 0 Å². The third kappa shape index (κ3) is 4.37. The molecule has 0 fully saturated rings. The molecule has 0 amide bonds. The van der Waals surface area contributed by atoms with Crippen molar-refractivity contribution in [3.8, 4) is 0 Å². The highest BCUT2D eigenvalue weighted by Crippen LogP contribution is 2.20. The maximum Gasteiger partial charge on any atom is 0.0456 e.